The van der Waals surface area contributed by atoms with Crippen LogP contribution in [-0.2, 0) is 10.1 Å². The molecule has 1 amide bonds. The summed E-state index contributed by atoms with van der Waals surface area (Å²) in [6.45, 7) is 2.55. The van der Waals surface area contributed by atoms with E-state index in [4.69, 9.17) is 15.4 Å². The summed E-state index contributed by atoms with van der Waals surface area (Å²) in [6.07, 6.45) is -0.958. The van der Waals surface area contributed by atoms with Crippen LogP contribution in [0, 0.1) is 12.7 Å². The number of halogens is 1. The number of aryl methyl sites for hydroxylation is 1. The zero-order chi connectivity index (χ0) is 20.2. The van der Waals surface area contributed by atoms with Crippen molar-refractivity contribution < 1.29 is 27.3 Å². The third kappa shape index (κ3) is 5.75. The molecule has 0 spiro atoms. The third-order valence-corrected chi connectivity index (χ3v) is 5.12. The van der Waals surface area contributed by atoms with Gasteiger partial charge in [-0.2, -0.15) is 8.42 Å². The lowest BCUT2D eigenvalue weighted by Crippen LogP contribution is -2.31. The molecule has 1 saturated heterocycles. The van der Waals surface area contributed by atoms with Gasteiger partial charge in [-0.3, -0.25) is 4.55 Å². The molecule has 0 radical (unpaired) electrons. The quantitative estimate of drug-likeness (QED) is 0.671. The summed E-state index contributed by atoms with van der Waals surface area (Å²) in [6, 6.07) is 11.8. The Bertz CT molecular complexity index is 885. The van der Waals surface area contributed by atoms with Crippen molar-refractivity contribution >= 4 is 16.2 Å². The van der Waals surface area contributed by atoms with Crippen LogP contribution in [0.1, 0.15) is 17.0 Å². The van der Waals surface area contributed by atoms with Gasteiger partial charge in [-0.1, -0.05) is 29.8 Å². The number of amides is 1. The van der Waals surface area contributed by atoms with Crippen molar-refractivity contribution in [2.75, 3.05) is 13.1 Å². The average molecular weight is 396 g/mol. The Balaban J connectivity index is 0.000000208. The minimum Gasteiger partial charge on any atom is -0.465 e. The molecule has 3 rings (SSSR count). The smallest absolute Gasteiger partial charge is 0.407 e. The number of hydrogen-bond donors (Lipinski definition) is 3. The van der Waals surface area contributed by atoms with E-state index >= 15 is 0 Å². The summed E-state index contributed by atoms with van der Waals surface area (Å²) < 4.78 is 42.3. The van der Waals surface area contributed by atoms with Gasteiger partial charge in [-0.15, -0.1) is 0 Å². The molecular weight excluding hydrogens is 375 g/mol. The summed E-state index contributed by atoms with van der Waals surface area (Å²) in [5.41, 5.74) is 7.72. The van der Waals surface area contributed by atoms with Gasteiger partial charge in [0, 0.05) is 25.0 Å². The van der Waals surface area contributed by atoms with Gasteiger partial charge in [-0.05, 0) is 36.8 Å². The van der Waals surface area contributed by atoms with Crippen molar-refractivity contribution in [3.8, 4) is 0 Å². The predicted molar refractivity (Wildman–Crippen MR) is 97.7 cm³/mol. The normalized spacial score (nSPS) is 19.3. The van der Waals surface area contributed by atoms with E-state index in [0.29, 0.717) is 13.1 Å². The maximum absolute atomic E-state index is 12.7. The summed E-state index contributed by atoms with van der Waals surface area (Å²) in [4.78, 5) is 12.0. The molecule has 1 heterocycles. The van der Waals surface area contributed by atoms with Crippen LogP contribution in [0.15, 0.2) is 53.4 Å². The van der Waals surface area contributed by atoms with Crippen molar-refractivity contribution in [1.82, 2.24) is 4.90 Å². The number of carboxylic acid groups (broad SMARTS) is 1. The van der Waals surface area contributed by atoms with E-state index < -0.39 is 16.2 Å². The Morgan fingerprint density at radius 3 is 2.11 bits per heavy atom. The summed E-state index contributed by atoms with van der Waals surface area (Å²) >= 11 is 0. The van der Waals surface area contributed by atoms with Gasteiger partial charge in [0.25, 0.3) is 10.1 Å². The Morgan fingerprint density at radius 2 is 1.67 bits per heavy atom. The van der Waals surface area contributed by atoms with Crippen LogP contribution >= 0.6 is 0 Å². The van der Waals surface area contributed by atoms with Crippen LogP contribution in [0.5, 0.6) is 0 Å². The molecule has 7 nitrogen and oxygen atoms in total. The molecule has 1 aliphatic heterocycles. The highest BCUT2D eigenvalue weighted by atomic mass is 32.2. The highest BCUT2D eigenvalue weighted by Crippen LogP contribution is 2.26. The molecule has 2 atom stereocenters. The number of hydrogen-bond acceptors (Lipinski definition) is 4. The second kappa shape index (κ2) is 8.47. The molecule has 146 valence electrons. The molecule has 4 N–H and O–H groups in total. The zero-order valence-electron chi connectivity index (χ0n) is 14.6. The fourth-order valence-electron chi connectivity index (χ4n) is 2.76. The lowest BCUT2D eigenvalue weighted by Gasteiger charge is -2.14. The minimum atomic E-state index is -4.02. The van der Waals surface area contributed by atoms with Gasteiger partial charge >= 0.3 is 6.09 Å². The lowest BCUT2D eigenvalue weighted by molar-refractivity contribution is 0.154. The van der Waals surface area contributed by atoms with Crippen LogP contribution in [-0.4, -0.2) is 48.2 Å². The van der Waals surface area contributed by atoms with E-state index in [1.54, 1.807) is 24.3 Å². The number of benzene rings is 2. The van der Waals surface area contributed by atoms with Crippen molar-refractivity contribution in [1.29, 1.82) is 0 Å². The molecule has 0 aromatic heterocycles. The largest absolute Gasteiger partial charge is 0.465 e. The van der Waals surface area contributed by atoms with Gasteiger partial charge in [0.15, 0.2) is 0 Å². The van der Waals surface area contributed by atoms with E-state index in [-0.39, 0.29) is 22.7 Å². The van der Waals surface area contributed by atoms with E-state index in [2.05, 4.69) is 0 Å². The first-order chi connectivity index (χ1) is 12.6. The molecular formula is C18H21FN2O5S. The Labute approximate surface area is 157 Å². The summed E-state index contributed by atoms with van der Waals surface area (Å²) in [5, 5.41) is 8.85. The second-order valence-electron chi connectivity index (χ2n) is 6.30. The van der Waals surface area contributed by atoms with Crippen LogP contribution in [0.4, 0.5) is 9.18 Å². The molecule has 0 saturated carbocycles. The average Bonchev–Trinajstić information content (AvgIpc) is 2.98. The molecule has 27 heavy (non-hydrogen) atoms. The summed E-state index contributed by atoms with van der Waals surface area (Å²) in [5.74, 6) is -0.345. The van der Waals surface area contributed by atoms with Crippen LogP contribution in [0.25, 0.3) is 0 Å². The van der Waals surface area contributed by atoms with Crippen molar-refractivity contribution in [3.05, 3.63) is 65.5 Å². The standard InChI is InChI=1S/C11H13FN2O2.C7H8O3S/c12-8-3-1-7(2-4-8)9-5-14(11(15)16)6-10(9)13;1-6-2-4-7(5-3-6)11(8,9)10/h1-4,9-10H,5-6,13H2,(H,15,16);2-5H,1H3,(H,8,9,10). The maximum atomic E-state index is 12.7. The molecule has 0 bridgehead atoms. The first kappa shape index (κ1) is 20.8. The molecule has 0 aliphatic carbocycles. The monoisotopic (exact) mass is 396 g/mol. The molecule has 2 aromatic carbocycles. The predicted octanol–water partition coefficient (Wildman–Crippen LogP) is 2.47. The number of nitrogens with zero attached hydrogens (tertiary/aromatic N) is 1. The van der Waals surface area contributed by atoms with Crippen molar-refractivity contribution in [3.63, 3.8) is 0 Å². The first-order valence-corrected chi connectivity index (χ1v) is 9.55. The second-order valence-corrected chi connectivity index (χ2v) is 7.72. The molecule has 1 aliphatic rings. The first-order valence-electron chi connectivity index (χ1n) is 8.11. The number of likely N-dealkylation sites (tertiary alicyclic amines) is 1. The number of rotatable bonds is 2. The highest BCUT2D eigenvalue weighted by Gasteiger charge is 2.33. The van der Waals surface area contributed by atoms with E-state index in [1.165, 1.54) is 29.2 Å². The molecule has 9 heteroatoms. The van der Waals surface area contributed by atoms with Crippen LogP contribution < -0.4 is 5.73 Å². The Kier molecular flexibility index (Phi) is 6.53. The third-order valence-electron chi connectivity index (χ3n) is 4.25. The van der Waals surface area contributed by atoms with Crippen molar-refractivity contribution in [2.45, 2.75) is 23.8 Å². The molecule has 1 fully saturated rings. The van der Waals surface area contributed by atoms with Gasteiger partial charge in [0.05, 0.1) is 4.90 Å². The van der Waals surface area contributed by atoms with E-state index in [0.717, 1.165) is 11.1 Å². The molecule has 2 aromatic rings. The fourth-order valence-corrected chi connectivity index (χ4v) is 3.24. The van der Waals surface area contributed by atoms with Crippen LogP contribution in [0.3, 0.4) is 0 Å². The van der Waals surface area contributed by atoms with Crippen molar-refractivity contribution in [2.24, 2.45) is 5.73 Å². The Hall–Kier alpha value is -2.49. The SMILES string of the molecule is Cc1ccc(S(=O)(=O)O)cc1.NC1CN(C(=O)O)CC1c1ccc(F)cc1. The zero-order valence-corrected chi connectivity index (χ0v) is 15.4. The Morgan fingerprint density at radius 1 is 1.11 bits per heavy atom. The molecule has 2 unspecified atom stereocenters. The van der Waals surface area contributed by atoms with E-state index in [1.807, 2.05) is 6.92 Å². The van der Waals surface area contributed by atoms with Gasteiger partial charge in [-0.25, -0.2) is 9.18 Å². The topological polar surface area (TPSA) is 121 Å². The minimum absolute atomic E-state index is 0.0447. The van der Waals surface area contributed by atoms with E-state index in [9.17, 15) is 17.6 Å². The van der Waals surface area contributed by atoms with Crippen LogP contribution in [0.2, 0.25) is 0 Å². The maximum Gasteiger partial charge on any atom is 0.407 e. The number of nitrogens with two attached hydrogens (primary N) is 1. The lowest BCUT2D eigenvalue weighted by atomic mass is 9.95. The number of carbonyl (C=O) groups is 1. The van der Waals surface area contributed by atoms with Gasteiger partial charge < -0.3 is 15.7 Å². The fraction of sp³-hybridized carbons (Fsp3) is 0.278. The highest BCUT2D eigenvalue weighted by molar-refractivity contribution is 7.85. The summed E-state index contributed by atoms with van der Waals surface area (Å²) in [7, 11) is -4.02. The van der Waals surface area contributed by atoms with Gasteiger partial charge in [0.2, 0.25) is 0 Å². The van der Waals surface area contributed by atoms with Gasteiger partial charge in [0.1, 0.15) is 5.82 Å².